The highest BCUT2D eigenvalue weighted by molar-refractivity contribution is 4.99. The third-order valence-electron chi connectivity index (χ3n) is 6.05. The van der Waals surface area contributed by atoms with Gasteiger partial charge < -0.3 is 5.32 Å². The van der Waals surface area contributed by atoms with Crippen LogP contribution >= 0.6 is 0 Å². The Labute approximate surface area is 126 Å². The second-order valence-corrected chi connectivity index (χ2v) is 7.57. The van der Waals surface area contributed by atoms with Crippen LogP contribution in [0.25, 0.3) is 0 Å². The molecule has 2 rings (SSSR count). The van der Waals surface area contributed by atoms with E-state index in [9.17, 15) is 0 Å². The number of likely N-dealkylation sites (tertiary alicyclic amines) is 1. The summed E-state index contributed by atoms with van der Waals surface area (Å²) in [5.41, 5.74) is 0.316. The average Bonchev–Trinajstić information content (AvgIpc) is 3.00. The zero-order valence-corrected chi connectivity index (χ0v) is 14.3. The summed E-state index contributed by atoms with van der Waals surface area (Å²) in [5.74, 6) is 1.89. The van der Waals surface area contributed by atoms with Gasteiger partial charge in [-0.15, -0.1) is 0 Å². The van der Waals surface area contributed by atoms with E-state index in [2.05, 4.69) is 37.9 Å². The van der Waals surface area contributed by atoms with Crippen LogP contribution in [0.4, 0.5) is 0 Å². The van der Waals surface area contributed by atoms with Crippen LogP contribution in [0.3, 0.4) is 0 Å². The van der Waals surface area contributed by atoms with Crippen LogP contribution in [0, 0.1) is 11.8 Å². The Morgan fingerprint density at radius 1 is 1.05 bits per heavy atom. The van der Waals surface area contributed by atoms with Crippen molar-refractivity contribution in [2.75, 3.05) is 19.6 Å². The minimum Gasteiger partial charge on any atom is -0.312 e. The van der Waals surface area contributed by atoms with Gasteiger partial charge in [-0.3, -0.25) is 4.90 Å². The molecule has 2 heteroatoms. The Kier molecular flexibility index (Phi) is 5.92. The van der Waals surface area contributed by atoms with Crippen molar-refractivity contribution in [2.24, 2.45) is 11.8 Å². The second kappa shape index (κ2) is 7.26. The fraction of sp³-hybridized carbons (Fsp3) is 1.00. The maximum Gasteiger partial charge on any atom is 0.0308 e. The molecule has 0 amide bonds. The molecule has 1 saturated carbocycles. The monoisotopic (exact) mass is 280 g/mol. The molecule has 1 aliphatic carbocycles. The first-order valence-corrected chi connectivity index (χ1v) is 9.08. The van der Waals surface area contributed by atoms with Gasteiger partial charge in [-0.2, -0.15) is 0 Å². The highest BCUT2D eigenvalue weighted by Gasteiger charge is 2.41. The van der Waals surface area contributed by atoms with E-state index in [1.54, 1.807) is 0 Å². The van der Waals surface area contributed by atoms with Crippen molar-refractivity contribution in [3.8, 4) is 0 Å². The van der Waals surface area contributed by atoms with Crippen molar-refractivity contribution in [3.63, 3.8) is 0 Å². The number of rotatable bonds is 6. The van der Waals surface area contributed by atoms with Crippen molar-refractivity contribution in [2.45, 2.75) is 84.2 Å². The molecular weight excluding hydrogens is 244 g/mol. The average molecular weight is 280 g/mol. The summed E-state index contributed by atoms with van der Waals surface area (Å²) in [6.45, 7) is 13.3. The minimum atomic E-state index is 0.316. The first-order valence-electron chi connectivity index (χ1n) is 9.08. The van der Waals surface area contributed by atoms with E-state index < -0.39 is 0 Å². The van der Waals surface area contributed by atoms with E-state index in [4.69, 9.17) is 0 Å². The van der Waals surface area contributed by atoms with Gasteiger partial charge in [0.05, 0.1) is 0 Å². The van der Waals surface area contributed by atoms with Gasteiger partial charge in [-0.1, -0.05) is 33.1 Å². The summed E-state index contributed by atoms with van der Waals surface area (Å²) in [5, 5.41) is 3.86. The van der Waals surface area contributed by atoms with Crippen molar-refractivity contribution < 1.29 is 0 Å². The number of nitrogens with one attached hydrogen (secondary N) is 1. The number of hydrogen-bond donors (Lipinski definition) is 1. The molecule has 2 aliphatic rings. The predicted molar refractivity (Wildman–Crippen MR) is 88.1 cm³/mol. The van der Waals surface area contributed by atoms with Crippen LogP contribution in [0.5, 0.6) is 0 Å². The molecule has 0 spiro atoms. The van der Waals surface area contributed by atoms with E-state index in [0.29, 0.717) is 11.6 Å². The van der Waals surface area contributed by atoms with Gasteiger partial charge in [0, 0.05) is 11.6 Å². The zero-order chi connectivity index (χ0) is 14.6. The van der Waals surface area contributed by atoms with Gasteiger partial charge in [0.1, 0.15) is 0 Å². The van der Waals surface area contributed by atoms with Crippen molar-refractivity contribution in [1.82, 2.24) is 10.2 Å². The van der Waals surface area contributed by atoms with Crippen LogP contribution in [0.2, 0.25) is 0 Å². The molecule has 0 radical (unpaired) electrons. The predicted octanol–water partition coefficient (Wildman–Crippen LogP) is 4.06. The van der Waals surface area contributed by atoms with Crippen LogP contribution < -0.4 is 5.32 Å². The summed E-state index contributed by atoms with van der Waals surface area (Å²) in [7, 11) is 0. The first kappa shape index (κ1) is 16.3. The lowest BCUT2D eigenvalue weighted by Gasteiger charge is -2.47. The Morgan fingerprint density at radius 2 is 1.65 bits per heavy atom. The van der Waals surface area contributed by atoms with Crippen LogP contribution in [0.15, 0.2) is 0 Å². The van der Waals surface area contributed by atoms with E-state index in [1.165, 1.54) is 58.0 Å². The standard InChI is InChI=1S/C18H36N2/c1-5-15-9-11-16(12-10-15)17(19-6-2)18(3,4)20-13-7-8-14-20/h15-17,19H,5-14H2,1-4H3. The Bertz CT molecular complexity index is 273. The third kappa shape index (κ3) is 3.57. The third-order valence-corrected chi connectivity index (χ3v) is 6.05. The SMILES string of the molecule is CCNC(C1CCC(CC)CC1)C(C)(C)N1CCCC1. The van der Waals surface area contributed by atoms with Crippen molar-refractivity contribution >= 4 is 0 Å². The topological polar surface area (TPSA) is 15.3 Å². The molecule has 2 fully saturated rings. The summed E-state index contributed by atoms with van der Waals surface area (Å²) in [4.78, 5) is 2.74. The fourth-order valence-electron chi connectivity index (χ4n) is 4.63. The maximum absolute atomic E-state index is 3.86. The molecule has 1 heterocycles. The Hall–Kier alpha value is -0.0800. The van der Waals surface area contributed by atoms with E-state index >= 15 is 0 Å². The van der Waals surface area contributed by atoms with Crippen LogP contribution in [-0.2, 0) is 0 Å². The van der Waals surface area contributed by atoms with Gasteiger partial charge in [-0.05, 0) is 71.0 Å². The van der Waals surface area contributed by atoms with E-state index in [1.807, 2.05) is 0 Å². The van der Waals surface area contributed by atoms with E-state index in [-0.39, 0.29) is 0 Å². The van der Waals surface area contributed by atoms with Gasteiger partial charge >= 0.3 is 0 Å². The molecule has 2 nitrogen and oxygen atoms in total. The molecule has 0 aromatic heterocycles. The van der Waals surface area contributed by atoms with Crippen molar-refractivity contribution in [3.05, 3.63) is 0 Å². The fourth-order valence-corrected chi connectivity index (χ4v) is 4.63. The zero-order valence-electron chi connectivity index (χ0n) is 14.3. The molecular formula is C18H36N2. The minimum absolute atomic E-state index is 0.316. The molecule has 0 bridgehead atoms. The molecule has 118 valence electrons. The number of nitrogens with zero attached hydrogens (tertiary/aromatic N) is 1. The van der Waals surface area contributed by atoms with Gasteiger partial charge in [-0.25, -0.2) is 0 Å². The molecule has 1 unspecified atom stereocenters. The second-order valence-electron chi connectivity index (χ2n) is 7.57. The molecule has 1 aliphatic heterocycles. The lowest BCUT2D eigenvalue weighted by molar-refractivity contribution is 0.0601. The number of likely N-dealkylation sites (N-methyl/N-ethyl adjacent to an activating group) is 1. The Morgan fingerprint density at radius 3 is 2.15 bits per heavy atom. The van der Waals surface area contributed by atoms with Gasteiger partial charge in [0.25, 0.3) is 0 Å². The largest absolute Gasteiger partial charge is 0.312 e. The smallest absolute Gasteiger partial charge is 0.0308 e. The van der Waals surface area contributed by atoms with Gasteiger partial charge in [0.15, 0.2) is 0 Å². The van der Waals surface area contributed by atoms with Crippen LogP contribution in [0.1, 0.15) is 72.6 Å². The van der Waals surface area contributed by atoms with E-state index in [0.717, 1.165) is 18.4 Å². The van der Waals surface area contributed by atoms with Crippen LogP contribution in [-0.4, -0.2) is 36.1 Å². The molecule has 0 aromatic carbocycles. The lowest BCUT2D eigenvalue weighted by Crippen LogP contribution is -2.60. The lowest BCUT2D eigenvalue weighted by atomic mass is 9.72. The summed E-state index contributed by atoms with van der Waals surface area (Å²) < 4.78 is 0. The molecule has 0 aromatic rings. The summed E-state index contributed by atoms with van der Waals surface area (Å²) in [6, 6.07) is 0.670. The molecule has 1 atom stereocenters. The number of hydrogen-bond acceptors (Lipinski definition) is 2. The normalized spacial score (nSPS) is 30.6. The summed E-state index contributed by atoms with van der Waals surface area (Å²) in [6.07, 6.45) is 9.96. The highest BCUT2D eigenvalue weighted by atomic mass is 15.2. The maximum atomic E-state index is 3.86. The summed E-state index contributed by atoms with van der Waals surface area (Å²) >= 11 is 0. The molecule has 1 N–H and O–H groups in total. The first-order chi connectivity index (χ1) is 9.59. The highest BCUT2D eigenvalue weighted by Crippen LogP contribution is 2.37. The Balaban J connectivity index is 2.02. The van der Waals surface area contributed by atoms with Crippen molar-refractivity contribution in [1.29, 1.82) is 0 Å². The quantitative estimate of drug-likeness (QED) is 0.789. The molecule has 20 heavy (non-hydrogen) atoms. The molecule has 1 saturated heterocycles. The van der Waals surface area contributed by atoms with Gasteiger partial charge in [0.2, 0.25) is 0 Å².